The lowest BCUT2D eigenvalue weighted by Crippen LogP contribution is -1.55. The van der Waals surface area contributed by atoms with Crippen LogP contribution in [0.1, 0.15) is 6.92 Å². The molecule has 278 valence electrons. The first-order valence-electron chi connectivity index (χ1n) is 18.3. The summed E-state index contributed by atoms with van der Waals surface area (Å²) < 4.78 is 0. The number of rotatable bonds is 26. The van der Waals surface area contributed by atoms with Crippen LogP contribution in [-0.2, 0) is 0 Å². The van der Waals surface area contributed by atoms with Crippen LogP contribution < -0.4 is 0 Å². The van der Waals surface area contributed by atoms with Gasteiger partial charge in [0.25, 0.3) is 0 Å². The SMILES string of the molecule is C=CC=CC=CC=CC=CC=CC=CC=CC=CC=CC=CC=CC=CC=CC=CC=CC=CC=CC=CC=CC=CC=CC=CC=CC=CC=CC=CC. The number of hydrogen-bond donors (Lipinski definition) is 0. The van der Waals surface area contributed by atoms with Crippen LogP contribution in [0.25, 0.3) is 0 Å². The van der Waals surface area contributed by atoms with Gasteiger partial charge in [-0.2, -0.15) is 0 Å². The Hall–Kier alpha value is -7.02. The van der Waals surface area contributed by atoms with Crippen LogP contribution in [-0.4, -0.2) is 0 Å². The minimum atomic E-state index is 1.75. The van der Waals surface area contributed by atoms with Crippen molar-refractivity contribution in [3.05, 3.63) is 329 Å². The van der Waals surface area contributed by atoms with Crippen molar-refractivity contribution in [2.24, 2.45) is 0 Å². The molecular formula is C55H58. The van der Waals surface area contributed by atoms with E-state index in [2.05, 4.69) is 6.58 Å². The molecule has 0 saturated heterocycles. The predicted molar refractivity (Wildman–Crippen MR) is 254 cm³/mol. The number of allylic oxidation sites excluding steroid dienone is 53. The van der Waals surface area contributed by atoms with Gasteiger partial charge in [-0.25, -0.2) is 0 Å². The fourth-order valence-corrected chi connectivity index (χ4v) is 3.33. The third-order valence-electron chi connectivity index (χ3n) is 5.88. The Balaban J connectivity index is 4.07. The summed E-state index contributed by atoms with van der Waals surface area (Å²) in [6, 6.07) is 0. The van der Waals surface area contributed by atoms with Crippen molar-refractivity contribution in [1.29, 1.82) is 0 Å². The molecule has 0 aromatic carbocycles. The lowest BCUT2D eigenvalue weighted by atomic mass is 10.3. The van der Waals surface area contributed by atoms with E-state index in [1.165, 1.54) is 0 Å². The third-order valence-corrected chi connectivity index (χ3v) is 5.88. The highest BCUT2D eigenvalue weighted by Gasteiger charge is 1.69. The van der Waals surface area contributed by atoms with Crippen LogP contribution in [0.3, 0.4) is 0 Å². The summed E-state index contributed by atoms with van der Waals surface area (Å²) in [5, 5.41) is 0. The molecule has 0 atom stereocenters. The van der Waals surface area contributed by atoms with Crippen molar-refractivity contribution in [2.45, 2.75) is 6.92 Å². The maximum absolute atomic E-state index is 3.63. The highest BCUT2D eigenvalue weighted by molar-refractivity contribution is 5.26. The summed E-state index contributed by atoms with van der Waals surface area (Å²) in [4.78, 5) is 0. The molecule has 0 heterocycles. The molecule has 55 heavy (non-hydrogen) atoms. The highest BCUT2D eigenvalue weighted by Crippen LogP contribution is 1.91. The van der Waals surface area contributed by atoms with Gasteiger partial charge in [0.05, 0.1) is 0 Å². The van der Waals surface area contributed by atoms with Gasteiger partial charge in [-0.3, -0.25) is 0 Å². The van der Waals surface area contributed by atoms with Gasteiger partial charge in [0, 0.05) is 0 Å². The Kier molecular flexibility index (Phi) is 41.0. The van der Waals surface area contributed by atoms with E-state index in [9.17, 15) is 0 Å². The average Bonchev–Trinajstić information content (AvgIpc) is 3.20. The third kappa shape index (κ3) is 47.0. The van der Waals surface area contributed by atoms with Crippen molar-refractivity contribution < 1.29 is 0 Å². The van der Waals surface area contributed by atoms with Crippen LogP contribution >= 0.6 is 0 Å². The molecule has 0 aliphatic rings. The molecular weight excluding hydrogens is 661 g/mol. The average molecular weight is 719 g/mol. The molecule has 0 heteroatoms. The Morgan fingerprint density at radius 1 is 0.145 bits per heavy atom. The second kappa shape index (κ2) is 47.0. The minimum absolute atomic E-state index is 1.75. The molecule has 0 unspecified atom stereocenters. The first-order valence-corrected chi connectivity index (χ1v) is 18.3. The second-order valence-electron chi connectivity index (χ2n) is 10.4. The van der Waals surface area contributed by atoms with Gasteiger partial charge in [0.2, 0.25) is 0 Å². The van der Waals surface area contributed by atoms with E-state index in [1.54, 1.807) is 6.08 Å². The van der Waals surface area contributed by atoms with Gasteiger partial charge in [0.15, 0.2) is 0 Å². The smallest absolute Gasteiger partial charge is 0.0467 e. The quantitative estimate of drug-likeness (QED) is 0.0781. The molecule has 0 nitrogen and oxygen atoms in total. The lowest BCUT2D eigenvalue weighted by Gasteiger charge is -1.77. The Morgan fingerprint density at radius 2 is 0.236 bits per heavy atom. The highest BCUT2D eigenvalue weighted by atomic mass is 13.8. The summed E-state index contributed by atoms with van der Waals surface area (Å²) in [7, 11) is 0. The van der Waals surface area contributed by atoms with E-state index in [4.69, 9.17) is 0 Å². The zero-order chi connectivity index (χ0) is 39.5. The van der Waals surface area contributed by atoms with E-state index in [0.29, 0.717) is 0 Å². The van der Waals surface area contributed by atoms with E-state index in [1.807, 2.05) is 323 Å². The standard InChI is InChI=1S/C55H58/c1-3-5-7-9-11-13-15-17-19-21-23-25-27-29-31-33-35-37-39-41-43-45-47-49-51-53-55-54-52-50-48-46-44-42-40-38-36-34-32-30-28-26-24-22-20-18-16-14-12-10-8-6-4-2/h3-55H,1H2,2H3. The molecule has 0 saturated carbocycles. The molecule has 0 radical (unpaired) electrons. The van der Waals surface area contributed by atoms with Gasteiger partial charge in [-0.05, 0) is 6.92 Å². The van der Waals surface area contributed by atoms with Crippen LogP contribution in [0.5, 0.6) is 0 Å². The van der Waals surface area contributed by atoms with Crippen molar-refractivity contribution in [1.82, 2.24) is 0 Å². The monoisotopic (exact) mass is 718 g/mol. The van der Waals surface area contributed by atoms with E-state index in [-0.39, 0.29) is 0 Å². The summed E-state index contributed by atoms with van der Waals surface area (Å²) in [6.07, 6.45) is 105. The molecule has 0 fully saturated rings. The molecule has 0 N–H and O–H groups in total. The minimum Gasteiger partial charge on any atom is -0.0991 e. The summed E-state index contributed by atoms with van der Waals surface area (Å²) in [6.45, 7) is 5.63. The summed E-state index contributed by atoms with van der Waals surface area (Å²) in [5.74, 6) is 0. The fourth-order valence-electron chi connectivity index (χ4n) is 3.33. The zero-order valence-corrected chi connectivity index (χ0v) is 32.3. The van der Waals surface area contributed by atoms with Gasteiger partial charge >= 0.3 is 0 Å². The maximum Gasteiger partial charge on any atom is -0.0467 e. The Bertz CT molecular complexity index is 1770. The molecule has 0 spiro atoms. The van der Waals surface area contributed by atoms with Gasteiger partial charge in [-0.15, -0.1) is 0 Å². The largest absolute Gasteiger partial charge is 0.0991 e. The summed E-state index contributed by atoms with van der Waals surface area (Å²) in [5.41, 5.74) is 0. The zero-order valence-electron chi connectivity index (χ0n) is 32.3. The molecule has 0 amide bonds. The van der Waals surface area contributed by atoms with E-state index in [0.717, 1.165) is 0 Å². The Morgan fingerprint density at radius 3 is 0.327 bits per heavy atom. The van der Waals surface area contributed by atoms with Crippen LogP contribution in [0.2, 0.25) is 0 Å². The van der Waals surface area contributed by atoms with Gasteiger partial charge in [0.1, 0.15) is 0 Å². The topological polar surface area (TPSA) is 0 Å². The molecule has 0 aliphatic heterocycles. The maximum atomic E-state index is 3.63. The molecule has 0 bridgehead atoms. The van der Waals surface area contributed by atoms with Crippen LogP contribution in [0.15, 0.2) is 329 Å². The Labute approximate surface area is 334 Å². The van der Waals surface area contributed by atoms with Gasteiger partial charge in [-0.1, -0.05) is 329 Å². The number of hydrogen-bond acceptors (Lipinski definition) is 0. The molecule has 0 aromatic rings. The van der Waals surface area contributed by atoms with Crippen LogP contribution in [0.4, 0.5) is 0 Å². The van der Waals surface area contributed by atoms with Crippen LogP contribution in [0, 0.1) is 0 Å². The van der Waals surface area contributed by atoms with Crippen molar-refractivity contribution in [3.8, 4) is 0 Å². The first kappa shape index (κ1) is 48.0. The van der Waals surface area contributed by atoms with Gasteiger partial charge < -0.3 is 0 Å². The molecule has 0 aliphatic carbocycles. The molecule has 0 rings (SSSR count). The predicted octanol–water partition coefficient (Wildman–Crippen LogP) is 15.7. The normalized spacial score (nSPS) is 15.4. The van der Waals surface area contributed by atoms with E-state index >= 15 is 0 Å². The van der Waals surface area contributed by atoms with Crippen molar-refractivity contribution >= 4 is 0 Å². The van der Waals surface area contributed by atoms with Crippen molar-refractivity contribution in [2.75, 3.05) is 0 Å². The lowest BCUT2D eigenvalue weighted by molar-refractivity contribution is 1.73. The van der Waals surface area contributed by atoms with Crippen molar-refractivity contribution in [3.63, 3.8) is 0 Å². The second-order valence-corrected chi connectivity index (χ2v) is 10.4. The van der Waals surface area contributed by atoms with E-state index < -0.39 is 0 Å². The first-order chi connectivity index (χ1) is 27.4. The fraction of sp³-hybridized carbons (Fsp3) is 0.0182. The summed E-state index contributed by atoms with van der Waals surface area (Å²) >= 11 is 0. The molecule has 0 aromatic heterocycles.